The second-order valence-electron chi connectivity index (χ2n) is 5.08. The van der Waals surface area contributed by atoms with Crippen LogP contribution in [0, 0.1) is 12.7 Å². The predicted molar refractivity (Wildman–Crippen MR) is 84.5 cm³/mol. The predicted octanol–water partition coefficient (Wildman–Crippen LogP) is 4.19. The molecule has 1 aromatic carbocycles. The van der Waals surface area contributed by atoms with E-state index >= 15 is 0 Å². The van der Waals surface area contributed by atoms with E-state index in [1.165, 1.54) is 18.1 Å². The molecule has 0 bridgehead atoms. The second kappa shape index (κ2) is 8.60. The van der Waals surface area contributed by atoms with Crippen molar-refractivity contribution in [1.29, 1.82) is 0 Å². The Morgan fingerprint density at radius 2 is 2.05 bits per heavy atom. The number of benzene rings is 1. The lowest BCUT2D eigenvalue weighted by atomic mass is 10.0. The number of nitrogens with one attached hydrogen (secondary N) is 1. The van der Waals surface area contributed by atoms with Crippen molar-refractivity contribution in [2.75, 3.05) is 12.3 Å². The molecule has 0 amide bonds. The minimum atomic E-state index is -0.134. The van der Waals surface area contributed by atoms with Crippen LogP contribution < -0.4 is 5.32 Å². The monoisotopic (exact) mass is 283 g/mol. The first kappa shape index (κ1) is 16.5. The van der Waals surface area contributed by atoms with E-state index in [1.807, 2.05) is 17.8 Å². The molecule has 1 rings (SSSR count). The van der Waals surface area contributed by atoms with Crippen LogP contribution in [0.1, 0.15) is 38.3 Å². The summed E-state index contributed by atoms with van der Waals surface area (Å²) in [6.07, 6.45) is 2.10. The van der Waals surface area contributed by atoms with E-state index < -0.39 is 0 Å². The third kappa shape index (κ3) is 5.96. The maximum atomic E-state index is 13.3. The molecule has 108 valence electrons. The third-order valence-electron chi connectivity index (χ3n) is 3.43. The van der Waals surface area contributed by atoms with Crippen molar-refractivity contribution in [1.82, 2.24) is 5.32 Å². The summed E-state index contributed by atoms with van der Waals surface area (Å²) in [5, 5.41) is 4.20. The zero-order valence-corrected chi connectivity index (χ0v) is 13.3. The summed E-state index contributed by atoms with van der Waals surface area (Å²) in [6.45, 7) is 9.62. The maximum Gasteiger partial charge on any atom is 0.123 e. The Kier molecular flexibility index (Phi) is 7.47. The number of hydrogen-bond donors (Lipinski definition) is 1. The van der Waals surface area contributed by atoms with Crippen LogP contribution in [0.2, 0.25) is 0 Å². The molecular formula is C16H26FNS. The molecule has 0 spiro atoms. The van der Waals surface area contributed by atoms with E-state index in [0.717, 1.165) is 24.3 Å². The summed E-state index contributed by atoms with van der Waals surface area (Å²) < 4.78 is 13.3. The van der Waals surface area contributed by atoms with Gasteiger partial charge in [0.25, 0.3) is 0 Å². The highest BCUT2D eigenvalue weighted by atomic mass is 32.2. The van der Waals surface area contributed by atoms with Crippen LogP contribution in [-0.4, -0.2) is 23.6 Å². The first-order valence-electron chi connectivity index (χ1n) is 7.16. The Morgan fingerprint density at radius 1 is 1.32 bits per heavy atom. The zero-order valence-electron chi connectivity index (χ0n) is 12.5. The number of halogens is 1. The highest BCUT2D eigenvalue weighted by Gasteiger charge is 2.12. The number of aryl methyl sites for hydroxylation is 1. The SMILES string of the molecule is CCNC(CSC(C)CC)Cc1cc(F)ccc1C. The first-order valence-corrected chi connectivity index (χ1v) is 8.21. The first-order chi connectivity index (χ1) is 9.06. The Balaban J connectivity index is 2.63. The van der Waals surface area contributed by atoms with Gasteiger partial charge in [-0.05, 0) is 49.6 Å². The average molecular weight is 283 g/mol. The van der Waals surface area contributed by atoms with Gasteiger partial charge in [-0.2, -0.15) is 11.8 Å². The molecule has 0 aliphatic carbocycles. The molecule has 1 nitrogen and oxygen atoms in total. The van der Waals surface area contributed by atoms with Crippen LogP contribution in [0.3, 0.4) is 0 Å². The van der Waals surface area contributed by atoms with Gasteiger partial charge in [0, 0.05) is 17.0 Å². The standard InChI is InChI=1S/C16H26FNS/c1-5-13(4)19-11-16(18-6-2)10-14-9-15(17)8-7-12(14)3/h7-9,13,16,18H,5-6,10-11H2,1-4H3. The van der Waals surface area contributed by atoms with Gasteiger partial charge in [-0.3, -0.25) is 0 Å². The Labute approximate surface area is 121 Å². The molecule has 3 heteroatoms. The van der Waals surface area contributed by atoms with E-state index in [1.54, 1.807) is 6.07 Å². The molecular weight excluding hydrogens is 257 g/mol. The quantitative estimate of drug-likeness (QED) is 0.768. The van der Waals surface area contributed by atoms with Crippen LogP contribution in [0.25, 0.3) is 0 Å². The highest BCUT2D eigenvalue weighted by molar-refractivity contribution is 7.99. The molecule has 0 aliphatic heterocycles. The molecule has 0 radical (unpaired) electrons. The van der Waals surface area contributed by atoms with Crippen LogP contribution in [0.15, 0.2) is 18.2 Å². The summed E-state index contributed by atoms with van der Waals surface area (Å²) in [7, 11) is 0. The van der Waals surface area contributed by atoms with Crippen molar-refractivity contribution in [3.05, 3.63) is 35.1 Å². The molecule has 0 heterocycles. The average Bonchev–Trinajstić information content (AvgIpc) is 2.40. The second-order valence-corrected chi connectivity index (χ2v) is 6.55. The number of thioether (sulfide) groups is 1. The summed E-state index contributed by atoms with van der Waals surface area (Å²) in [4.78, 5) is 0. The normalized spacial score (nSPS) is 14.4. The summed E-state index contributed by atoms with van der Waals surface area (Å²) in [5.74, 6) is 0.948. The van der Waals surface area contributed by atoms with E-state index in [-0.39, 0.29) is 5.82 Å². The Morgan fingerprint density at radius 3 is 2.68 bits per heavy atom. The lowest BCUT2D eigenvalue weighted by Gasteiger charge is -2.20. The van der Waals surface area contributed by atoms with Gasteiger partial charge in [-0.15, -0.1) is 0 Å². The number of likely N-dealkylation sites (N-methyl/N-ethyl adjacent to an activating group) is 1. The van der Waals surface area contributed by atoms with Gasteiger partial charge in [0.15, 0.2) is 0 Å². The molecule has 0 aliphatic rings. The van der Waals surface area contributed by atoms with Gasteiger partial charge in [0.1, 0.15) is 5.82 Å². The molecule has 0 saturated carbocycles. The highest BCUT2D eigenvalue weighted by Crippen LogP contribution is 2.18. The smallest absolute Gasteiger partial charge is 0.123 e. The van der Waals surface area contributed by atoms with Gasteiger partial charge in [-0.1, -0.05) is 26.8 Å². The molecule has 0 aromatic heterocycles. The molecule has 1 N–H and O–H groups in total. The van der Waals surface area contributed by atoms with Crippen LogP contribution >= 0.6 is 11.8 Å². The number of rotatable bonds is 8. The summed E-state index contributed by atoms with van der Waals surface area (Å²) >= 11 is 2.00. The van der Waals surface area contributed by atoms with Crippen molar-refractivity contribution >= 4 is 11.8 Å². The van der Waals surface area contributed by atoms with E-state index in [0.29, 0.717) is 11.3 Å². The molecule has 0 fully saturated rings. The Hall–Kier alpha value is -0.540. The molecule has 0 saturated heterocycles. The van der Waals surface area contributed by atoms with Gasteiger partial charge in [0.05, 0.1) is 0 Å². The minimum Gasteiger partial charge on any atom is -0.313 e. The topological polar surface area (TPSA) is 12.0 Å². The van der Waals surface area contributed by atoms with Crippen molar-refractivity contribution in [3.63, 3.8) is 0 Å². The lowest BCUT2D eigenvalue weighted by molar-refractivity contribution is 0.566. The van der Waals surface area contributed by atoms with Crippen LogP contribution in [0.5, 0.6) is 0 Å². The minimum absolute atomic E-state index is 0.134. The van der Waals surface area contributed by atoms with E-state index in [4.69, 9.17) is 0 Å². The van der Waals surface area contributed by atoms with Crippen molar-refractivity contribution in [2.24, 2.45) is 0 Å². The van der Waals surface area contributed by atoms with Gasteiger partial charge < -0.3 is 5.32 Å². The summed E-state index contributed by atoms with van der Waals surface area (Å²) in [5.41, 5.74) is 2.30. The van der Waals surface area contributed by atoms with Crippen molar-refractivity contribution < 1.29 is 4.39 Å². The fourth-order valence-corrected chi connectivity index (χ4v) is 3.03. The number of hydrogen-bond acceptors (Lipinski definition) is 2. The van der Waals surface area contributed by atoms with Gasteiger partial charge in [-0.25, -0.2) is 4.39 Å². The summed E-state index contributed by atoms with van der Waals surface area (Å²) in [6, 6.07) is 5.50. The fourth-order valence-electron chi connectivity index (χ4n) is 2.00. The van der Waals surface area contributed by atoms with Gasteiger partial charge in [0.2, 0.25) is 0 Å². The molecule has 2 unspecified atom stereocenters. The van der Waals surface area contributed by atoms with Crippen LogP contribution in [0.4, 0.5) is 4.39 Å². The largest absolute Gasteiger partial charge is 0.313 e. The third-order valence-corrected chi connectivity index (χ3v) is 4.92. The molecule has 2 atom stereocenters. The maximum absolute atomic E-state index is 13.3. The molecule has 19 heavy (non-hydrogen) atoms. The van der Waals surface area contributed by atoms with Gasteiger partial charge >= 0.3 is 0 Å². The lowest BCUT2D eigenvalue weighted by Crippen LogP contribution is -2.34. The molecule has 1 aromatic rings. The van der Waals surface area contributed by atoms with E-state index in [9.17, 15) is 4.39 Å². The van der Waals surface area contributed by atoms with Crippen molar-refractivity contribution in [3.8, 4) is 0 Å². The van der Waals surface area contributed by atoms with Crippen molar-refractivity contribution in [2.45, 2.75) is 51.8 Å². The zero-order chi connectivity index (χ0) is 14.3. The van der Waals surface area contributed by atoms with E-state index in [2.05, 4.69) is 33.0 Å². The fraction of sp³-hybridized carbons (Fsp3) is 0.625. The Bertz CT molecular complexity index is 381. The van der Waals surface area contributed by atoms with Crippen LogP contribution in [-0.2, 0) is 6.42 Å².